The Morgan fingerprint density at radius 1 is 1.23 bits per heavy atom. The van der Waals surface area contributed by atoms with E-state index < -0.39 is 0 Å². The minimum Gasteiger partial charge on any atom is -0.493 e. The van der Waals surface area contributed by atoms with Crippen molar-refractivity contribution in [3.63, 3.8) is 0 Å². The summed E-state index contributed by atoms with van der Waals surface area (Å²) in [5.74, 6) is 1.60. The Bertz CT molecular complexity index is 636. The van der Waals surface area contributed by atoms with Gasteiger partial charge in [-0.2, -0.15) is 0 Å². The molecule has 0 bridgehead atoms. The average molecular weight is 385 g/mol. The van der Waals surface area contributed by atoms with Crippen molar-refractivity contribution < 1.29 is 19.0 Å². The number of carbonyl (C=O) groups excluding carboxylic acids is 1. The third-order valence-corrected chi connectivity index (χ3v) is 5.32. The highest BCUT2D eigenvalue weighted by Gasteiger charge is 2.38. The fraction of sp³-hybridized carbons (Fsp3) is 0.632. The van der Waals surface area contributed by atoms with Gasteiger partial charge >= 0.3 is 0 Å². The van der Waals surface area contributed by atoms with Crippen LogP contribution in [0.2, 0.25) is 0 Å². The summed E-state index contributed by atoms with van der Waals surface area (Å²) in [6.07, 6.45) is 0.580. The van der Waals surface area contributed by atoms with Crippen LogP contribution in [0.5, 0.6) is 11.5 Å². The van der Waals surface area contributed by atoms with Crippen LogP contribution in [0.3, 0.4) is 0 Å². The first kappa shape index (κ1) is 20.8. The van der Waals surface area contributed by atoms with Crippen molar-refractivity contribution in [1.82, 2.24) is 9.80 Å². The molecule has 1 amide bonds. The van der Waals surface area contributed by atoms with Crippen LogP contribution in [0.1, 0.15) is 31.0 Å². The molecule has 2 atom stereocenters. The molecule has 1 aromatic carbocycles. The van der Waals surface area contributed by atoms with E-state index >= 15 is 0 Å². The van der Waals surface area contributed by atoms with Gasteiger partial charge in [0, 0.05) is 26.2 Å². The largest absolute Gasteiger partial charge is 0.493 e. The van der Waals surface area contributed by atoms with Crippen molar-refractivity contribution in [1.29, 1.82) is 0 Å². The first-order valence-electron chi connectivity index (χ1n) is 9.02. The average Bonchev–Trinajstić information content (AvgIpc) is 2.66. The number of benzene rings is 1. The Morgan fingerprint density at radius 2 is 1.88 bits per heavy atom. The molecule has 1 aromatic rings. The summed E-state index contributed by atoms with van der Waals surface area (Å²) in [5, 5.41) is 0. The maximum absolute atomic E-state index is 12.6. The second kappa shape index (κ2) is 8.93. The number of likely N-dealkylation sites (N-methyl/N-ethyl adjacent to an activating group) is 1. The van der Waals surface area contributed by atoms with Crippen LogP contribution in [-0.2, 0) is 16.0 Å². The highest BCUT2D eigenvalue weighted by molar-refractivity contribution is 5.85. The molecule has 7 heteroatoms. The van der Waals surface area contributed by atoms with Crippen LogP contribution < -0.4 is 9.47 Å². The lowest BCUT2D eigenvalue weighted by molar-refractivity contribution is -0.153. The highest BCUT2D eigenvalue weighted by Crippen LogP contribution is 2.39. The number of nitrogens with zero attached hydrogens (tertiary/aromatic N) is 2. The molecule has 6 nitrogen and oxygen atoms in total. The van der Waals surface area contributed by atoms with Gasteiger partial charge < -0.3 is 19.1 Å². The molecule has 0 aliphatic carbocycles. The number of carbonyl (C=O) groups is 1. The van der Waals surface area contributed by atoms with Gasteiger partial charge in [-0.05, 0) is 43.5 Å². The number of amides is 1. The van der Waals surface area contributed by atoms with Crippen LogP contribution in [-0.4, -0.2) is 68.8 Å². The molecule has 2 aliphatic rings. The summed E-state index contributed by atoms with van der Waals surface area (Å²) < 4.78 is 16.9. The summed E-state index contributed by atoms with van der Waals surface area (Å²) in [5.41, 5.74) is 2.49. The summed E-state index contributed by atoms with van der Waals surface area (Å²) in [4.78, 5) is 16.8. The number of halogens is 1. The maximum atomic E-state index is 12.6. The van der Waals surface area contributed by atoms with Crippen molar-refractivity contribution in [2.45, 2.75) is 32.4 Å². The number of fused-ring (bicyclic) bond motifs is 3. The number of rotatable bonds is 5. The second-order valence-corrected chi connectivity index (χ2v) is 6.50. The molecule has 0 aromatic heterocycles. The van der Waals surface area contributed by atoms with E-state index in [1.165, 1.54) is 11.1 Å². The first-order valence-corrected chi connectivity index (χ1v) is 9.02. The lowest BCUT2D eigenvalue weighted by atomic mass is 9.91. The standard InChI is InChI=1S/C19H28N2O4.ClH/c1-5-20(6-2)19(22)18-11-21-8-7-13-9-16(23-3)17(24-4)10-14(13)15(21)12-25-18;/h9-10,15,18H,5-8,11-12H2,1-4H3;1H/t15-,18-;/m0./s1. The predicted octanol–water partition coefficient (Wildman–Crippen LogP) is 2.29. The molecule has 0 saturated carbocycles. The number of ether oxygens (including phenoxy) is 3. The summed E-state index contributed by atoms with van der Waals surface area (Å²) >= 11 is 0. The number of methoxy groups -OCH3 is 2. The molecule has 0 spiro atoms. The molecule has 2 aliphatic heterocycles. The van der Waals surface area contributed by atoms with Crippen molar-refractivity contribution in [3.05, 3.63) is 23.3 Å². The van der Waals surface area contributed by atoms with Gasteiger partial charge in [0.05, 0.1) is 26.9 Å². The minimum absolute atomic E-state index is 0. The SMILES string of the molecule is CCN(CC)C(=O)[C@@H]1CN2CCc3cc(OC)c(OC)cc3[C@@H]2CO1.Cl. The van der Waals surface area contributed by atoms with Crippen LogP contribution >= 0.6 is 12.4 Å². The highest BCUT2D eigenvalue weighted by atomic mass is 35.5. The minimum atomic E-state index is -0.363. The van der Waals surface area contributed by atoms with E-state index in [1.807, 2.05) is 18.7 Å². The monoisotopic (exact) mass is 384 g/mol. The zero-order valence-electron chi connectivity index (χ0n) is 16.0. The first-order chi connectivity index (χ1) is 12.1. The zero-order chi connectivity index (χ0) is 18.0. The van der Waals surface area contributed by atoms with E-state index in [4.69, 9.17) is 14.2 Å². The van der Waals surface area contributed by atoms with Gasteiger partial charge in [-0.3, -0.25) is 9.69 Å². The molecule has 1 saturated heterocycles. The van der Waals surface area contributed by atoms with E-state index in [2.05, 4.69) is 17.0 Å². The fourth-order valence-electron chi connectivity index (χ4n) is 3.86. The lowest BCUT2D eigenvalue weighted by Gasteiger charge is -2.43. The lowest BCUT2D eigenvalue weighted by Crippen LogP contribution is -2.53. The van der Waals surface area contributed by atoms with Gasteiger partial charge in [-0.1, -0.05) is 0 Å². The predicted molar refractivity (Wildman–Crippen MR) is 102 cm³/mol. The van der Waals surface area contributed by atoms with Crippen molar-refractivity contribution in [2.75, 3.05) is 47.0 Å². The Hall–Kier alpha value is -1.50. The fourth-order valence-corrected chi connectivity index (χ4v) is 3.86. The third-order valence-electron chi connectivity index (χ3n) is 5.32. The van der Waals surface area contributed by atoms with Crippen LogP contribution in [0.25, 0.3) is 0 Å². The smallest absolute Gasteiger partial charge is 0.253 e. The van der Waals surface area contributed by atoms with Gasteiger partial charge in [0.25, 0.3) is 5.91 Å². The van der Waals surface area contributed by atoms with Crippen LogP contribution in [0.4, 0.5) is 0 Å². The number of hydrogen-bond donors (Lipinski definition) is 0. The van der Waals surface area contributed by atoms with E-state index in [1.54, 1.807) is 14.2 Å². The molecular formula is C19H29ClN2O4. The Labute approximate surface area is 161 Å². The Balaban J connectivity index is 0.00000243. The van der Waals surface area contributed by atoms with Gasteiger partial charge in [0.1, 0.15) is 6.10 Å². The molecule has 1 fully saturated rings. The molecule has 3 rings (SSSR count). The molecule has 2 heterocycles. The van der Waals surface area contributed by atoms with Crippen molar-refractivity contribution >= 4 is 18.3 Å². The topological polar surface area (TPSA) is 51.2 Å². The summed E-state index contributed by atoms with van der Waals surface area (Å²) in [6, 6.07) is 4.30. The van der Waals surface area contributed by atoms with Gasteiger partial charge in [-0.25, -0.2) is 0 Å². The van der Waals surface area contributed by atoms with Crippen LogP contribution in [0.15, 0.2) is 12.1 Å². The van der Waals surface area contributed by atoms with E-state index in [0.29, 0.717) is 13.2 Å². The van der Waals surface area contributed by atoms with Crippen molar-refractivity contribution in [3.8, 4) is 11.5 Å². The molecule has 0 N–H and O–H groups in total. The number of morpholine rings is 1. The summed E-state index contributed by atoms with van der Waals surface area (Å²) in [6.45, 7) is 7.55. The van der Waals surface area contributed by atoms with Crippen LogP contribution in [0, 0.1) is 0 Å². The van der Waals surface area contributed by atoms with E-state index in [0.717, 1.165) is 37.6 Å². The number of hydrogen-bond acceptors (Lipinski definition) is 5. The quantitative estimate of drug-likeness (QED) is 0.779. The van der Waals surface area contributed by atoms with E-state index in [9.17, 15) is 4.79 Å². The molecule has 0 unspecified atom stereocenters. The van der Waals surface area contributed by atoms with Crippen molar-refractivity contribution in [2.24, 2.45) is 0 Å². The van der Waals surface area contributed by atoms with Gasteiger partial charge in [-0.15, -0.1) is 12.4 Å². The normalized spacial score (nSPS) is 21.8. The Morgan fingerprint density at radius 3 is 2.50 bits per heavy atom. The van der Waals surface area contributed by atoms with Gasteiger partial charge in [0.2, 0.25) is 0 Å². The molecular weight excluding hydrogens is 356 g/mol. The molecule has 146 valence electrons. The van der Waals surface area contributed by atoms with Gasteiger partial charge in [0.15, 0.2) is 11.5 Å². The maximum Gasteiger partial charge on any atom is 0.253 e. The molecule has 0 radical (unpaired) electrons. The molecule has 26 heavy (non-hydrogen) atoms. The summed E-state index contributed by atoms with van der Waals surface area (Å²) in [7, 11) is 3.31. The Kier molecular flexibility index (Phi) is 7.15. The second-order valence-electron chi connectivity index (χ2n) is 6.50. The zero-order valence-corrected chi connectivity index (χ0v) is 16.8. The third kappa shape index (κ3) is 3.77. The van der Waals surface area contributed by atoms with E-state index in [-0.39, 0.29) is 30.5 Å².